The number of benzene rings is 2. The molecule has 1 aliphatic rings. The van der Waals surface area contributed by atoms with Crippen LogP contribution in [0.3, 0.4) is 0 Å². The van der Waals surface area contributed by atoms with Crippen LogP contribution in [0, 0.1) is 5.82 Å². The number of methoxy groups -OCH3 is 1. The number of thioether (sulfide) groups is 1. The van der Waals surface area contributed by atoms with Crippen LogP contribution < -0.4 is 4.74 Å². The van der Waals surface area contributed by atoms with E-state index in [1.165, 1.54) is 22.7 Å². The highest BCUT2D eigenvalue weighted by atomic mass is 79.9. The van der Waals surface area contributed by atoms with Crippen LogP contribution in [0.1, 0.15) is 38.8 Å². The van der Waals surface area contributed by atoms with Gasteiger partial charge in [0.2, 0.25) is 0 Å². The van der Waals surface area contributed by atoms with Gasteiger partial charge in [-0.05, 0) is 75.1 Å². The lowest BCUT2D eigenvalue weighted by Crippen LogP contribution is -2.41. The molecular weight excluding hydrogens is 495 g/mol. The molecule has 0 fully saturated rings. The maximum absolute atomic E-state index is 14.7. The SMILES string of the molecule is COc1ccc(CN(C(=O)OC(C)(C)C)C2=N[C@](C)(c3cc(Br)ccc3F)C=CS2)cc1. The van der Waals surface area contributed by atoms with E-state index in [4.69, 9.17) is 14.5 Å². The summed E-state index contributed by atoms with van der Waals surface area (Å²) in [5.74, 6) is 0.358. The van der Waals surface area contributed by atoms with Gasteiger partial charge in [0.25, 0.3) is 0 Å². The zero-order valence-electron chi connectivity index (χ0n) is 18.7. The molecule has 1 atom stereocenters. The highest BCUT2D eigenvalue weighted by Crippen LogP contribution is 2.37. The summed E-state index contributed by atoms with van der Waals surface area (Å²) >= 11 is 4.70. The van der Waals surface area contributed by atoms with Crippen molar-refractivity contribution in [1.82, 2.24) is 4.90 Å². The molecule has 0 bridgehead atoms. The predicted octanol–water partition coefficient (Wildman–Crippen LogP) is 6.87. The maximum atomic E-state index is 14.7. The van der Waals surface area contributed by atoms with Crippen molar-refractivity contribution in [3.8, 4) is 5.75 Å². The van der Waals surface area contributed by atoms with Gasteiger partial charge in [-0.25, -0.2) is 14.2 Å². The Kier molecular flexibility index (Phi) is 7.35. The number of rotatable bonds is 4. The minimum Gasteiger partial charge on any atom is -0.497 e. The average molecular weight is 521 g/mol. The maximum Gasteiger partial charge on any atom is 0.416 e. The van der Waals surface area contributed by atoms with Crippen LogP contribution in [-0.4, -0.2) is 28.9 Å². The molecule has 0 saturated heterocycles. The minimum atomic E-state index is -0.978. The topological polar surface area (TPSA) is 51.1 Å². The lowest BCUT2D eigenvalue weighted by atomic mass is 9.92. The van der Waals surface area contributed by atoms with E-state index in [-0.39, 0.29) is 12.4 Å². The molecule has 0 saturated carbocycles. The monoisotopic (exact) mass is 520 g/mol. The van der Waals surface area contributed by atoms with Crippen molar-refractivity contribution in [2.45, 2.75) is 45.4 Å². The Morgan fingerprint density at radius 1 is 1.22 bits per heavy atom. The Balaban J connectivity index is 2.00. The van der Waals surface area contributed by atoms with E-state index in [2.05, 4.69) is 15.9 Å². The molecule has 0 spiro atoms. The summed E-state index contributed by atoms with van der Waals surface area (Å²) in [6.45, 7) is 7.50. The number of ether oxygens (including phenoxy) is 2. The van der Waals surface area contributed by atoms with Gasteiger partial charge in [-0.2, -0.15) is 0 Å². The zero-order chi connectivity index (χ0) is 23.5. The van der Waals surface area contributed by atoms with Gasteiger partial charge in [-0.1, -0.05) is 39.8 Å². The quantitative estimate of drug-likeness (QED) is 0.441. The molecule has 5 nitrogen and oxygen atoms in total. The van der Waals surface area contributed by atoms with Gasteiger partial charge in [0, 0.05) is 10.0 Å². The second-order valence-corrected chi connectivity index (χ2v) is 10.3. The molecule has 8 heteroatoms. The van der Waals surface area contributed by atoms with E-state index >= 15 is 0 Å². The van der Waals surface area contributed by atoms with Crippen molar-refractivity contribution in [3.05, 3.63) is 75.4 Å². The van der Waals surface area contributed by atoms with E-state index < -0.39 is 17.2 Å². The van der Waals surface area contributed by atoms with E-state index in [1.807, 2.05) is 63.4 Å². The van der Waals surface area contributed by atoms with Gasteiger partial charge in [-0.15, -0.1) is 0 Å². The molecule has 0 radical (unpaired) electrons. The molecule has 1 heterocycles. The molecular formula is C24H26BrFN2O3S. The van der Waals surface area contributed by atoms with Crippen LogP contribution >= 0.6 is 27.7 Å². The molecule has 170 valence electrons. The number of hydrogen-bond acceptors (Lipinski definition) is 5. The third kappa shape index (κ3) is 5.92. The first-order valence-corrected chi connectivity index (χ1v) is 11.7. The van der Waals surface area contributed by atoms with Gasteiger partial charge in [0.1, 0.15) is 22.7 Å². The van der Waals surface area contributed by atoms with Crippen molar-refractivity contribution >= 4 is 39.0 Å². The second-order valence-electron chi connectivity index (χ2n) is 8.50. The lowest BCUT2D eigenvalue weighted by Gasteiger charge is -2.32. The highest BCUT2D eigenvalue weighted by Gasteiger charge is 2.34. The van der Waals surface area contributed by atoms with Gasteiger partial charge < -0.3 is 9.47 Å². The standard InChI is InChI=1S/C24H26BrFN2O3S/c1-23(2,3)31-22(29)28(15-16-6-9-18(30-5)10-7-16)21-27-24(4,12-13-32-21)19-14-17(25)8-11-20(19)26/h6-14H,15H2,1-5H3/t24-/m0/s1. The summed E-state index contributed by atoms with van der Waals surface area (Å²) < 4.78 is 26.3. The first-order chi connectivity index (χ1) is 15.0. The summed E-state index contributed by atoms with van der Waals surface area (Å²) in [5.41, 5.74) is -0.362. The summed E-state index contributed by atoms with van der Waals surface area (Å²) in [6.07, 6.45) is 1.30. The summed E-state index contributed by atoms with van der Waals surface area (Å²) in [4.78, 5) is 19.4. The zero-order valence-corrected chi connectivity index (χ0v) is 21.1. The molecule has 0 aliphatic carbocycles. The number of aliphatic imine (C=N–C) groups is 1. The van der Waals surface area contributed by atoms with Crippen LogP contribution in [-0.2, 0) is 16.8 Å². The first-order valence-electron chi connectivity index (χ1n) is 10.0. The van der Waals surface area contributed by atoms with E-state index in [0.29, 0.717) is 10.7 Å². The van der Waals surface area contributed by atoms with Crippen LogP contribution in [0.5, 0.6) is 5.75 Å². The first kappa shape index (κ1) is 24.3. The Labute approximate surface area is 200 Å². The number of nitrogens with zero attached hydrogens (tertiary/aromatic N) is 2. The van der Waals surface area contributed by atoms with Crippen LogP contribution in [0.2, 0.25) is 0 Å². The largest absolute Gasteiger partial charge is 0.497 e. The number of halogens is 2. The summed E-state index contributed by atoms with van der Waals surface area (Å²) in [7, 11) is 1.60. The molecule has 32 heavy (non-hydrogen) atoms. The molecule has 0 unspecified atom stereocenters. The molecule has 2 aromatic rings. The molecule has 1 amide bonds. The molecule has 1 aliphatic heterocycles. The van der Waals surface area contributed by atoms with E-state index in [0.717, 1.165) is 15.8 Å². The third-order valence-electron chi connectivity index (χ3n) is 4.71. The Morgan fingerprint density at radius 3 is 2.53 bits per heavy atom. The van der Waals surface area contributed by atoms with Gasteiger partial charge >= 0.3 is 6.09 Å². The highest BCUT2D eigenvalue weighted by molar-refractivity contribution is 9.10. The molecule has 2 aromatic carbocycles. The van der Waals surface area contributed by atoms with Crippen molar-refractivity contribution in [2.24, 2.45) is 4.99 Å². The van der Waals surface area contributed by atoms with Crippen molar-refractivity contribution in [3.63, 3.8) is 0 Å². The summed E-state index contributed by atoms with van der Waals surface area (Å²) in [5, 5.41) is 2.26. The van der Waals surface area contributed by atoms with E-state index in [1.54, 1.807) is 19.2 Å². The number of amidine groups is 1. The van der Waals surface area contributed by atoms with Crippen molar-refractivity contribution in [1.29, 1.82) is 0 Å². The Bertz CT molecular complexity index is 1050. The fourth-order valence-corrected chi connectivity index (χ4v) is 4.41. The minimum absolute atomic E-state index is 0.246. The fourth-order valence-electron chi connectivity index (χ4n) is 3.09. The summed E-state index contributed by atoms with van der Waals surface area (Å²) in [6, 6.07) is 12.2. The fraction of sp³-hybridized carbons (Fsp3) is 0.333. The van der Waals surface area contributed by atoms with Gasteiger partial charge in [0.05, 0.1) is 13.7 Å². The van der Waals surface area contributed by atoms with Crippen LogP contribution in [0.15, 0.2) is 63.4 Å². The van der Waals surface area contributed by atoms with Crippen LogP contribution in [0.25, 0.3) is 0 Å². The normalized spacial score (nSPS) is 18.2. The van der Waals surface area contributed by atoms with Crippen LogP contribution in [0.4, 0.5) is 9.18 Å². The Hall–Kier alpha value is -2.32. The third-order valence-corrected chi connectivity index (χ3v) is 6.00. The second kappa shape index (κ2) is 9.67. The number of carbonyl (C=O) groups excluding carboxylic acids is 1. The van der Waals surface area contributed by atoms with Crippen molar-refractivity contribution < 1.29 is 18.7 Å². The number of carbonyl (C=O) groups is 1. The number of hydrogen-bond donors (Lipinski definition) is 0. The Morgan fingerprint density at radius 2 is 1.91 bits per heavy atom. The predicted molar refractivity (Wildman–Crippen MR) is 130 cm³/mol. The lowest BCUT2D eigenvalue weighted by molar-refractivity contribution is 0.0363. The molecule has 3 rings (SSSR count). The average Bonchev–Trinajstić information content (AvgIpc) is 2.72. The molecule has 0 N–H and O–H groups in total. The van der Waals surface area contributed by atoms with Gasteiger partial charge in [-0.3, -0.25) is 4.90 Å². The van der Waals surface area contributed by atoms with Crippen molar-refractivity contribution in [2.75, 3.05) is 7.11 Å². The van der Waals surface area contributed by atoms with E-state index in [9.17, 15) is 9.18 Å². The smallest absolute Gasteiger partial charge is 0.416 e. The molecule has 0 aromatic heterocycles. The number of amides is 1. The van der Waals surface area contributed by atoms with Gasteiger partial charge in [0.15, 0.2) is 5.17 Å².